The molecule has 23 heavy (non-hydrogen) atoms. The number of hydrogen-bond donors (Lipinski definition) is 1. The van der Waals surface area contributed by atoms with E-state index in [1.54, 1.807) is 0 Å². The van der Waals surface area contributed by atoms with Crippen molar-refractivity contribution in [1.29, 1.82) is 0 Å². The summed E-state index contributed by atoms with van der Waals surface area (Å²) in [5.41, 5.74) is 2.14. The highest BCUT2D eigenvalue weighted by molar-refractivity contribution is 5.86. The standard InChI is InChI=1S/C16H18N6O/c1-10-7-12(21-9-17-13-5-3-4-6-14(13)21)8-22-15(10)19-16(20-22)18-11(2)23/h3-6,9-10,12H,7-8H2,1-2H3,(H,18,20,23). The molecule has 118 valence electrons. The second kappa shape index (κ2) is 5.19. The molecule has 2 aromatic heterocycles. The first-order chi connectivity index (χ1) is 11.1. The van der Waals surface area contributed by atoms with Crippen molar-refractivity contribution in [2.24, 2.45) is 0 Å². The first-order valence-corrected chi connectivity index (χ1v) is 7.75. The highest BCUT2D eigenvalue weighted by Gasteiger charge is 2.29. The van der Waals surface area contributed by atoms with E-state index in [4.69, 9.17) is 0 Å². The Morgan fingerprint density at radius 2 is 2.17 bits per heavy atom. The quantitative estimate of drug-likeness (QED) is 0.788. The van der Waals surface area contributed by atoms with Gasteiger partial charge in [-0.2, -0.15) is 4.98 Å². The number of imidazole rings is 1. The number of hydrogen-bond acceptors (Lipinski definition) is 4. The maximum atomic E-state index is 11.2. The number of amides is 1. The van der Waals surface area contributed by atoms with Crippen molar-refractivity contribution in [3.05, 3.63) is 36.4 Å². The lowest BCUT2D eigenvalue weighted by Gasteiger charge is -2.28. The third-order valence-corrected chi connectivity index (χ3v) is 4.31. The van der Waals surface area contributed by atoms with Gasteiger partial charge in [0.2, 0.25) is 11.9 Å². The van der Waals surface area contributed by atoms with Crippen LogP contribution in [0.3, 0.4) is 0 Å². The average Bonchev–Trinajstić information content (AvgIpc) is 3.10. The maximum Gasteiger partial charge on any atom is 0.248 e. The molecule has 7 heteroatoms. The Morgan fingerprint density at radius 3 is 3.00 bits per heavy atom. The molecule has 0 aliphatic carbocycles. The van der Waals surface area contributed by atoms with Gasteiger partial charge >= 0.3 is 0 Å². The van der Waals surface area contributed by atoms with Gasteiger partial charge in [-0.05, 0) is 18.6 Å². The lowest BCUT2D eigenvalue weighted by atomic mass is 9.97. The second-order valence-electron chi connectivity index (χ2n) is 6.09. The SMILES string of the molecule is CC(=O)Nc1nc2n(n1)CC(n1cnc3ccccc31)CC2C. The first kappa shape index (κ1) is 13.9. The molecule has 0 saturated carbocycles. The van der Waals surface area contributed by atoms with E-state index < -0.39 is 0 Å². The van der Waals surface area contributed by atoms with Gasteiger partial charge in [0.1, 0.15) is 5.82 Å². The minimum Gasteiger partial charge on any atom is -0.326 e. The van der Waals surface area contributed by atoms with Crippen LogP contribution in [0.15, 0.2) is 30.6 Å². The van der Waals surface area contributed by atoms with Crippen molar-refractivity contribution < 1.29 is 4.79 Å². The summed E-state index contributed by atoms with van der Waals surface area (Å²) in [7, 11) is 0. The highest BCUT2D eigenvalue weighted by Crippen LogP contribution is 2.34. The highest BCUT2D eigenvalue weighted by atomic mass is 16.1. The number of aromatic nitrogens is 5. The van der Waals surface area contributed by atoms with Crippen molar-refractivity contribution in [1.82, 2.24) is 24.3 Å². The van der Waals surface area contributed by atoms with Gasteiger partial charge in [-0.3, -0.25) is 10.1 Å². The van der Waals surface area contributed by atoms with E-state index >= 15 is 0 Å². The van der Waals surface area contributed by atoms with E-state index in [2.05, 4.69) is 37.9 Å². The molecule has 1 amide bonds. The Kier molecular flexibility index (Phi) is 3.14. The van der Waals surface area contributed by atoms with Crippen molar-refractivity contribution in [3.8, 4) is 0 Å². The Balaban J connectivity index is 1.68. The number of anilines is 1. The van der Waals surface area contributed by atoms with Crippen molar-refractivity contribution in [2.45, 2.75) is 38.8 Å². The molecule has 0 saturated heterocycles. The molecule has 3 aromatic rings. The van der Waals surface area contributed by atoms with Crippen LogP contribution in [-0.4, -0.2) is 30.2 Å². The van der Waals surface area contributed by atoms with Crippen LogP contribution in [0, 0.1) is 0 Å². The molecule has 1 N–H and O–H groups in total. The number of fused-ring (bicyclic) bond motifs is 2. The summed E-state index contributed by atoms with van der Waals surface area (Å²) >= 11 is 0. The maximum absolute atomic E-state index is 11.2. The number of carbonyl (C=O) groups excluding carboxylic acids is 1. The summed E-state index contributed by atoms with van der Waals surface area (Å²) in [6.45, 7) is 4.33. The molecule has 7 nitrogen and oxygen atoms in total. The summed E-state index contributed by atoms with van der Waals surface area (Å²) in [4.78, 5) is 20.1. The second-order valence-corrected chi connectivity index (χ2v) is 6.09. The molecule has 4 rings (SSSR count). The topological polar surface area (TPSA) is 77.6 Å². The molecule has 2 unspecified atom stereocenters. The van der Waals surface area contributed by atoms with Crippen molar-refractivity contribution in [3.63, 3.8) is 0 Å². The summed E-state index contributed by atoms with van der Waals surface area (Å²) in [6, 6.07) is 8.42. The van der Waals surface area contributed by atoms with E-state index in [9.17, 15) is 4.79 Å². The van der Waals surface area contributed by atoms with Crippen LogP contribution in [-0.2, 0) is 11.3 Å². The number of carbonyl (C=O) groups is 1. The van der Waals surface area contributed by atoms with E-state index in [1.165, 1.54) is 6.92 Å². The number of nitrogens with zero attached hydrogens (tertiary/aromatic N) is 5. The van der Waals surface area contributed by atoms with Crippen molar-refractivity contribution in [2.75, 3.05) is 5.32 Å². The van der Waals surface area contributed by atoms with Crippen LogP contribution < -0.4 is 5.32 Å². The summed E-state index contributed by atoms with van der Waals surface area (Å²) in [5.74, 6) is 1.42. The van der Waals surface area contributed by atoms with E-state index in [-0.39, 0.29) is 17.9 Å². The molecular weight excluding hydrogens is 292 g/mol. The van der Waals surface area contributed by atoms with Gasteiger partial charge in [0.25, 0.3) is 0 Å². The van der Waals surface area contributed by atoms with E-state index in [1.807, 2.05) is 29.2 Å². The molecule has 1 aromatic carbocycles. The van der Waals surface area contributed by atoms with E-state index in [0.717, 1.165) is 29.8 Å². The smallest absolute Gasteiger partial charge is 0.248 e. The molecule has 3 heterocycles. The van der Waals surface area contributed by atoms with Crippen LogP contribution in [0.4, 0.5) is 5.95 Å². The van der Waals surface area contributed by atoms with Crippen molar-refractivity contribution >= 4 is 22.9 Å². The predicted octanol–water partition coefficient (Wildman–Crippen LogP) is 2.33. The summed E-state index contributed by atoms with van der Waals surface area (Å²) in [5, 5.41) is 7.08. The van der Waals surface area contributed by atoms with Gasteiger partial charge in [-0.25, -0.2) is 9.67 Å². The zero-order chi connectivity index (χ0) is 16.0. The number of nitrogens with one attached hydrogen (secondary N) is 1. The minimum atomic E-state index is -0.155. The fraction of sp³-hybridized carbons (Fsp3) is 0.375. The Bertz CT molecular complexity index is 880. The van der Waals surface area contributed by atoms with Gasteiger partial charge in [0.05, 0.1) is 29.9 Å². The van der Waals surface area contributed by atoms with Gasteiger partial charge in [0.15, 0.2) is 0 Å². The van der Waals surface area contributed by atoms with Gasteiger partial charge in [-0.1, -0.05) is 19.1 Å². The summed E-state index contributed by atoms with van der Waals surface area (Å²) in [6.07, 6.45) is 2.87. The predicted molar refractivity (Wildman–Crippen MR) is 86.1 cm³/mol. The van der Waals surface area contributed by atoms with Gasteiger partial charge < -0.3 is 4.57 Å². The molecule has 0 spiro atoms. The van der Waals surface area contributed by atoms with Crippen LogP contribution in [0.1, 0.15) is 38.1 Å². The molecule has 0 fully saturated rings. The normalized spacial score (nSPS) is 20.4. The minimum absolute atomic E-state index is 0.155. The van der Waals surface area contributed by atoms with Crippen LogP contribution >= 0.6 is 0 Å². The molecular formula is C16H18N6O. The largest absolute Gasteiger partial charge is 0.326 e. The van der Waals surface area contributed by atoms with Crippen LogP contribution in [0.25, 0.3) is 11.0 Å². The fourth-order valence-corrected chi connectivity index (χ4v) is 3.32. The Labute approximate surface area is 133 Å². The fourth-order valence-electron chi connectivity index (χ4n) is 3.32. The number of rotatable bonds is 2. The molecule has 2 atom stereocenters. The molecule has 0 radical (unpaired) electrons. The lowest BCUT2D eigenvalue weighted by molar-refractivity contribution is -0.114. The Morgan fingerprint density at radius 1 is 1.35 bits per heavy atom. The number of benzene rings is 1. The Hall–Kier alpha value is -2.70. The van der Waals surface area contributed by atoms with Crippen LogP contribution in [0.5, 0.6) is 0 Å². The zero-order valence-corrected chi connectivity index (χ0v) is 13.1. The van der Waals surface area contributed by atoms with Gasteiger partial charge in [-0.15, -0.1) is 5.10 Å². The number of para-hydroxylation sites is 2. The zero-order valence-electron chi connectivity index (χ0n) is 13.1. The van der Waals surface area contributed by atoms with Crippen LogP contribution in [0.2, 0.25) is 0 Å². The van der Waals surface area contributed by atoms with E-state index in [0.29, 0.717) is 5.95 Å². The average molecular weight is 310 g/mol. The third-order valence-electron chi connectivity index (χ3n) is 4.31. The first-order valence-electron chi connectivity index (χ1n) is 7.75. The lowest BCUT2D eigenvalue weighted by Crippen LogP contribution is -2.26. The summed E-state index contributed by atoms with van der Waals surface area (Å²) < 4.78 is 4.12. The molecule has 1 aliphatic rings. The van der Waals surface area contributed by atoms with Gasteiger partial charge in [0, 0.05) is 12.8 Å². The third kappa shape index (κ3) is 2.38. The monoisotopic (exact) mass is 310 g/mol. The molecule has 1 aliphatic heterocycles. The molecule has 0 bridgehead atoms.